The van der Waals surface area contributed by atoms with Gasteiger partial charge in [0, 0.05) is 24.5 Å². The van der Waals surface area contributed by atoms with E-state index in [1.807, 2.05) is 49.1 Å². The molecule has 1 N–H and O–H groups in total. The van der Waals surface area contributed by atoms with Crippen molar-refractivity contribution in [1.29, 1.82) is 0 Å². The number of nitrogens with zero attached hydrogens (tertiary/aromatic N) is 4. The fourth-order valence-corrected chi connectivity index (χ4v) is 2.57. The maximum Gasteiger partial charge on any atom is 0.336 e. The summed E-state index contributed by atoms with van der Waals surface area (Å²) >= 11 is 0. The molecule has 2 aromatic heterocycles. The lowest BCUT2D eigenvalue weighted by Crippen LogP contribution is -2.07. The average molecular weight is 310 g/mol. The van der Waals surface area contributed by atoms with Crippen molar-refractivity contribution in [2.45, 2.75) is 26.9 Å². The number of carboxylic acid groups (broad SMARTS) is 1. The molecule has 0 fully saturated rings. The monoisotopic (exact) mass is 310 g/mol. The lowest BCUT2D eigenvalue weighted by atomic mass is 10.1. The maximum absolute atomic E-state index is 11.3. The zero-order chi connectivity index (χ0) is 16.4. The van der Waals surface area contributed by atoms with E-state index in [9.17, 15) is 9.90 Å². The van der Waals surface area contributed by atoms with Crippen molar-refractivity contribution >= 4 is 5.97 Å². The normalized spacial score (nSPS) is 10.9. The summed E-state index contributed by atoms with van der Waals surface area (Å²) in [7, 11) is 0. The van der Waals surface area contributed by atoms with Crippen molar-refractivity contribution in [3.8, 4) is 11.3 Å². The number of benzene rings is 1. The van der Waals surface area contributed by atoms with Gasteiger partial charge >= 0.3 is 5.97 Å². The second-order valence-corrected chi connectivity index (χ2v) is 5.34. The second kappa shape index (κ2) is 6.08. The molecule has 0 aliphatic carbocycles. The van der Waals surface area contributed by atoms with Crippen LogP contribution in [-0.2, 0) is 13.1 Å². The van der Waals surface area contributed by atoms with Gasteiger partial charge in [-0.05, 0) is 31.5 Å². The van der Waals surface area contributed by atoms with Crippen molar-refractivity contribution in [3.63, 3.8) is 0 Å². The minimum Gasteiger partial charge on any atom is -0.478 e. The van der Waals surface area contributed by atoms with Gasteiger partial charge in [-0.2, -0.15) is 10.2 Å². The van der Waals surface area contributed by atoms with Gasteiger partial charge < -0.3 is 5.11 Å². The summed E-state index contributed by atoms with van der Waals surface area (Å²) in [4.78, 5) is 11.3. The standard InChI is InChI=1S/C17H18N4O2/c1-3-20-11-15(12(2)18-20)16-8-9-21(19-16)10-13-6-4-5-7-14(13)17(22)23/h4-9,11H,3,10H2,1-2H3,(H,22,23). The van der Waals surface area contributed by atoms with Crippen LogP contribution in [0.3, 0.4) is 0 Å². The van der Waals surface area contributed by atoms with Crippen LogP contribution in [0, 0.1) is 6.92 Å². The van der Waals surface area contributed by atoms with Crippen LogP contribution >= 0.6 is 0 Å². The van der Waals surface area contributed by atoms with E-state index in [2.05, 4.69) is 10.2 Å². The molecule has 6 nitrogen and oxygen atoms in total. The Kier molecular flexibility index (Phi) is 3.97. The highest BCUT2D eigenvalue weighted by atomic mass is 16.4. The Labute approximate surface area is 134 Å². The summed E-state index contributed by atoms with van der Waals surface area (Å²) in [5.41, 5.74) is 3.81. The molecule has 0 spiro atoms. The third kappa shape index (κ3) is 3.01. The van der Waals surface area contributed by atoms with Crippen molar-refractivity contribution in [2.75, 3.05) is 0 Å². The van der Waals surface area contributed by atoms with E-state index in [0.29, 0.717) is 12.1 Å². The number of rotatable bonds is 5. The van der Waals surface area contributed by atoms with E-state index in [1.54, 1.807) is 16.8 Å². The molecule has 0 radical (unpaired) electrons. The van der Waals surface area contributed by atoms with Crippen LogP contribution < -0.4 is 0 Å². The van der Waals surface area contributed by atoms with Gasteiger partial charge in [0.25, 0.3) is 0 Å². The predicted molar refractivity (Wildman–Crippen MR) is 86.4 cm³/mol. The predicted octanol–water partition coefficient (Wildman–Crippen LogP) is 2.82. The number of hydrogen-bond acceptors (Lipinski definition) is 3. The Morgan fingerprint density at radius 2 is 1.96 bits per heavy atom. The van der Waals surface area contributed by atoms with Crippen LogP contribution in [0.25, 0.3) is 11.3 Å². The quantitative estimate of drug-likeness (QED) is 0.786. The van der Waals surface area contributed by atoms with E-state index >= 15 is 0 Å². The van der Waals surface area contributed by atoms with E-state index < -0.39 is 5.97 Å². The number of aryl methyl sites for hydroxylation is 2. The Morgan fingerprint density at radius 3 is 2.65 bits per heavy atom. The lowest BCUT2D eigenvalue weighted by molar-refractivity contribution is 0.0695. The number of aromatic carboxylic acids is 1. The first kappa shape index (κ1) is 15.0. The molecule has 1 aromatic carbocycles. The summed E-state index contributed by atoms with van der Waals surface area (Å²) in [5, 5.41) is 18.2. The summed E-state index contributed by atoms with van der Waals surface area (Å²) in [5.74, 6) is -0.923. The van der Waals surface area contributed by atoms with Gasteiger partial charge in [0.1, 0.15) is 0 Å². The summed E-state index contributed by atoms with van der Waals surface area (Å²) in [6, 6.07) is 8.90. The third-order valence-electron chi connectivity index (χ3n) is 3.77. The molecule has 3 rings (SSSR count). The van der Waals surface area contributed by atoms with Crippen LogP contribution in [0.2, 0.25) is 0 Å². The molecule has 0 aliphatic heterocycles. The van der Waals surface area contributed by atoms with Gasteiger partial charge in [0.2, 0.25) is 0 Å². The highest BCUT2D eigenvalue weighted by Crippen LogP contribution is 2.21. The van der Waals surface area contributed by atoms with Crippen LogP contribution in [0.15, 0.2) is 42.7 Å². The highest BCUT2D eigenvalue weighted by molar-refractivity contribution is 5.89. The van der Waals surface area contributed by atoms with Gasteiger partial charge in [0.15, 0.2) is 0 Å². The van der Waals surface area contributed by atoms with Crippen LogP contribution in [0.5, 0.6) is 0 Å². The van der Waals surface area contributed by atoms with Crippen molar-refractivity contribution < 1.29 is 9.90 Å². The van der Waals surface area contributed by atoms with E-state index in [1.165, 1.54) is 0 Å². The molecular weight excluding hydrogens is 292 g/mol. The topological polar surface area (TPSA) is 72.9 Å². The van der Waals surface area contributed by atoms with Crippen LogP contribution in [0.4, 0.5) is 0 Å². The molecule has 23 heavy (non-hydrogen) atoms. The minimum absolute atomic E-state index is 0.305. The fourth-order valence-electron chi connectivity index (χ4n) is 2.57. The first-order valence-electron chi connectivity index (χ1n) is 7.47. The van der Waals surface area contributed by atoms with Crippen molar-refractivity contribution in [1.82, 2.24) is 19.6 Å². The lowest BCUT2D eigenvalue weighted by Gasteiger charge is -2.05. The zero-order valence-electron chi connectivity index (χ0n) is 13.1. The number of aromatic nitrogens is 4. The average Bonchev–Trinajstić information content (AvgIpc) is 3.14. The molecule has 0 unspecified atom stereocenters. The first-order chi connectivity index (χ1) is 11.1. The number of carbonyl (C=O) groups is 1. The molecule has 0 bridgehead atoms. The Morgan fingerprint density at radius 1 is 1.17 bits per heavy atom. The molecule has 0 aliphatic rings. The second-order valence-electron chi connectivity index (χ2n) is 5.34. The van der Waals surface area contributed by atoms with Crippen LogP contribution in [-0.4, -0.2) is 30.6 Å². The Hall–Kier alpha value is -2.89. The van der Waals surface area contributed by atoms with E-state index in [-0.39, 0.29) is 0 Å². The summed E-state index contributed by atoms with van der Waals surface area (Å²) in [6.45, 7) is 5.23. The highest BCUT2D eigenvalue weighted by Gasteiger charge is 2.12. The minimum atomic E-state index is -0.923. The van der Waals surface area contributed by atoms with Gasteiger partial charge in [-0.15, -0.1) is 0 Å². The van der Waals surface area contributed by atoms with Gasteiger partial charge in [-0.3, -0.25) is 9.36 Å². The van der Waals surface area contributed by atoms with E-state index in [4.69, 9.17) is 0 Å². The molecule has 2 heterocycles. The van der Waals surface area contributed by atoms with Crippen LogP contribution in [0.1, 0.15) is 28.5 Å². The summed E-state index contributed by atoms with van der Waals surface area (Å²) < 4.78 is 3.63. The Balaban J connectivity index is 1.88. The zero-order valence-corrected chi connectivity index (χ0v) is 13.1. The molecule has 0 amide bonds. The maximum atomic E-state index is 11.3. The largest absolute Gasteiger partial charge is 0.478 e. The SMILES string of the molecule is CCn1cc(-c2ccn(Cc3ccccc3C(=O)O)n2)c(C)n1. The molecule has 0 saturated heterocycles. The molecular formula is C17H18N4O2. The summed E-state index contributed by atoms with van der Waals surface area (Å²) in [6.07, 6.45) is 3.84. The molecule has 0 atom stereocenters. The molecule has 3 aromatic rings. The Bertz CT molecular complexity index is 848. The molecule has 0 saturated carbocycles. The van der Waals surface area contributed by atoms with E-state index in [0.717, 1.165) is 29.1 Å². The fraction of sp³-hybridized carbons (Fsp3) is 0.235. The van der Waals surface area contributed by atoms with Gasteiger partial charge in [-0.1, -0.05) is 18.2 Å². The van der Waals surface area contributed by atoms with Crippen molar-refractivity contribution in [2.24, 2.45) is 0 Å². The molecule has 6 heteroatoms. The van der Waals surface area contributed by atoms with Crippen molar-refractivity contribution in [3.05, 3.63) is 59.5 Å². The van der Waals surface area contributed by atoms with Gasteiger partial charge in [-0.25, -0.2) is 4.79 Å². The number of carboxylic acids is 1. The van der Waals surface area contributed by atoms with Gasteiger partial charge in [0.05, 0.1) is 23.5 Å². The number of hydrogen-bond donors (Lipinski definition) is 1. The first-order valence-corrected chi connectivity index (χ1v) is 7.47. The molecule has 118 valence electrons. The third-order valence-corrected chi connectivity index (χ3v) is 3.77. The smallest absolute Gasteiger partial charge is 0.336 e.